The smallest absolute Gasteiger partial charge is 0.124 e. The lowest BCUT2D eigenvalue weighted by Gasteiger charge is -2.19. The molecule has 0 aliphatic heterocycles. The molecule has 1 atom stereocenters. The Bertz CT molecular complexity index is 491. The van der Waals surface area contributed by atoms with E-state index in [1.807, 2.05) is 24.5 Å². The molecule has 1 heterocycles. The lowest BCUT2D eigenvalue weighted by Crippen LogP contribution is -2.19. The second kappa shape index (κ2) is 6.43. The van der Waals surface area contributed by atoms with Crippen LogP contribution < -0.4 is 10.1 Å². The van der Waals surface area contributed by atoms with E-state index in [0.29, 0.717) is 0 Å². The van der Waals surface area contributed by atoms with E-state index in [1.165, 1.54) is 11.1 Å². The third kappa shape index (κ3) is 3.86. The van der Waals surface area contributed by atoms with E-state index in [1.54, 1.807) is 0 Å². The number of aromatic nitrogens is 1. The van der Waals surface area contributed by atoms with Gasteiger partial charge in [0.05, 0.1) is 6.10 Å². The highest BCUT2D eigenvalue weighted by molar-refractivity contribution is 5.35. The first-order chi connectivity index (χ1) is 9.16. The van der Waals surface area contributed by atoms with Crippen molar-refractivity contribution in [3.8, 4) is 5.75 Å². The zero-order valence-corrected chi connectivity index (χ0v) is 11.8. The van der Waals surface area contributed by atoms with Gasteiger partial charge >= 0.3 is 0 Å². The van der Waals surface area contributed by atoms with Crippen LogP contribution in [0.3, 0.4) is 0 Å². The number of benzene rings is 1. The monoisotopic (exact) mass is 258 g/mol. The first-order valence-electron chi connectivity index (χ1n) is 6.77. The van der Waals surface area contributed by atoms with Crippen LogP contribution in [-0.2, 0) is 6.54 Å². The van der Waals surface area contributed by atoms with E-state index in [-0.39, 0.29) is 12.1 Å². The second-order valence-electron chi connectivity index (χ2n) is 5.03. The van der Waals surface area contributed by atoms with Crippen LogP contribution in [0, 0.1) is 0 Å². The van der Waals surface area contributed by atoms with Crippen LogP contribution in [0.15, 0.2) is 42.7 Å². The highest BCUT2D eigenvalue weighted by Gasteiger charge is 2.11. The van der Waals surface area contributed by atoms with Gasteiger partial charge in [-0.05, 0) is 38.5 Å². The van der Waals surface area contributed by atoms with Crippen molar-refractivity contribution < 1.29 is 4.74 Å². The average Bonchev–Trinajstić information content (AvgIpc) is 2.89. The van der Waals surface area contributed by atoms with E-state index >= 15 is 0 Å². The Hall–Kier alpha value is -1.74. The number of hydrogen-bond acceptors (Lipinski definition) is 2. The van der Waals surface area contributed by atoms with Crippen molar-refractivity contribution >= 4 is 0 Å². The number of hydrogen-bond donors (Lipinski definition) is 2. The average molecular weight is 258 g/mol. The standard InChI is InChI=1S/C16H22N2O/c1-12(2)19-16-7-5-4-6-15(16)13(3)18-11-14-8-9-17-10-14/h4-10,12-13,17-18H,11H2,1-3H3. The summed E-state index contributed by atoms with van der Waals surface area (Å²) in [6, 6.07) is 10.5. The molecule has 2 N–H and O–H groups in total. The molecule has 0 saturated heterocycles. The Morgan fingerprint density at radius 2 is 1.95 bits per heavy atom. The minimum atomic E-state index is 0.193. The number of H-pyrrole nitrogens is 1. The Balaban J connectivity index is 2.03. The fraction of sp³-hybridized carbons (Fsp3) is 0.375. The van der Waals surface area contributed by atoms with Crippen LogP contribution in [-0.4, -0.2) is 11.1 Å². The van der Waals surface area contributed by atoms with Crippen molar-refractivity contribution in [1.29, 1.82) is 0 Å². The molecule has 1 aromatic heterocycles. The zero-order valence-electron chi connectivity index (χ0n) is 11.8. The van der Waals surface area contributed by atoms with Gasteiger partial charge in [-0.15, -0.1) is 0 Å². The van der Waals surface area contributed by atoms with Gasteiger partial charge in [-0.25, -0.2) is 0 Å². The van der Waals surface area contributed by atoms with E-state index in [4.69, 9.17) is 4.74 Å². The molecule has 1 unspecified atom stereocenters. The SMILES string of the molecule is CC(C)Oc1ccccc1C(C)NCc1cc[nH]c1. The first kappa shape index (κ1) is 13.7. The van der Waals surface area contributed by atoms with Crippen molar-refractivity contribution in [3.05, 3.63) is 53.9 Å². The van der Waals surface area contributed by atoms with Gasteiger partial charge in [-0.3, -0.25) is 0 Å². The number of rotatable bonds is 6. The van der Waals surface area contributed by atoms with Crippen molar-refractivity contribution in [3.63, 3.8) is 0 Å². The minimum absolute atomic E-state index is 0.193. The zero-order chi connectivity index (χ0) is 13.7. The Labute approximate surface area is 115 Å². The van der Waals surface area contributed by atoms with Gasteiger partial charge in [0.2, 0.25) is 0 Å². The number of para-hydroxylation sites is 1. The quantitative estimate of drug-likeness (QED) is 0.829. The van der Waals surface area contributed by atoms with Crippen molar-refractivity contribution in [1.82, 2.24) is 10.3 Å². The molecule has 0 fully saturated rings. The van der Waals surface area contributed by atoms with Crippen LogP contribution in [0.5, 0.6) is 5.75 Å². The second-order valence-corrected chi connectivity index (χ2v) is 5.03. The summed E-state index contributed by atoms with van der Waals surface area (Å²) < 4.78 is 5.86. The van der Waals surface area contributed by atoms with Crippen LogP contribution in [0.25, 0.3) is 0 Å². The highest BCUT2D eigenvalue weighted by atomic mass is 16.5. The molecule has 0 aliphatic carbocycles. The van der Waals surface area contributed by atoms with Crippen molar-refractivity contribution in [2.45, 2.75) is 39.5 Å². The summed E-state index contributed by atoms with van der Waals surface area (Å²) in [7, 11) is 0. The summed E-state index contributed by atoms with van der Waals surface area (Å²) in [5.74, 6) is 0.964. The van der Waals surface area contributed by atoms with Crippen LogP contribution in [0.1, 0.15) is 37.9 Å². The van der Waals surface area contributed by atoms with E-state index in [2.05, 4.69) is 49.3 Å². The minimum Gasteiger partial charge on any atom is -0.491 e. The molecule has 0 bridgehead atoms. The van der Waals surface area contributed by atoms with Gasteiger partial charge < -0.3 is 15.0 Å². The predicted octanol–water partition coefficient (Wildman–Crippen LogP) is 3.65. The maximum absolute atomic E-state index is 5.86. The molecule has 3 nitrogen and oxygen atoms in total. The van der Waals surface area contributed by atoms with E-state index in [9.17, 15) is 0 Å². The molecule has 2 rings (SSSR count). The Kier molecular flexibility index (Phi) is 4.63. The Morgan fingerprint density at radius 3 is 2.63 bits per heavy atom. The van der Waals surface area contributed by atoms with Gasteiger partial charge in [0.25, 0.3) is 0 Å². The van der Waals surface area contributed by atoms with Crippen molar-refractivity contribution in [2.75, 3.05) is 0 Å². The maximum atomic E-state index is 5.86. The largest absolute Gasteiger partial charge is 0.491 e. The molecule has 1 aromatic carbocycles. The lowest BCUT2D eigenvalue weighted by molar-refractivity contribution is 0.238. The van der Waals surface area contributed by atoms with Gasteiger partial charge in [-0.2, -0.15) is 0 Å². The third-order valence-electron chi connectivity index (χ3n) is 3.02. The molecule has 0 amide bonds. The van der Waals surface area contributed by atoms with Crippen LogP contribution in [0.2, 0.25) is 0 Å². The van der Waals surface area contributed by atoms with Gasteiger partial charge in [0.1, 0.15) is 5.75 Å². The summed E-state index contributed by atoms with van der Waals surface area (Å²) in [6.07, 6.45) is 4.14. The molecule has 0 radical (unpaired) electrons. The predicted molar refractivity (Wildman–Crippen MR) is 78.3 cm³/mol. The van der Waals surface area contributed by atoms with Gasteiger partial charge in [0, 0.05) is 30.5 Å². The summed E-state index contributed by atoms with van der Waals surface area (Å²) >= 11 is 0. The number of aromatic amines is 1. The normalized spacial score (nSPS) is 12.6. The van der Waals surface area contributed by atoms with E-state index < -0.39 is 0 Å². The molecule has 3 heteroatoms. The highest BCUT2D eigenvalue weighted by Crippen LogP contribution is 2.25. The topological polar surface area (TPSA) is 37.0 Å². The molecule has 0 saturated carbocycles. The summed E-state index contributed by atoms with van der Waals surface area (Å²) in [6.45, 7) is 7.11. The summed E-state index contributed by atoms with van der Waals surface area (Å²) in [5.41, 5.74) is 2.46. The van der Waals surface area contributed by atoms with E-state index in [0.717, 1.165) is 12.3 Å². The lowest BCUT2D eigenvalue weighted by atomic mass is 10.1. The molecular formula is C16H22N2O. The summed E-state index contributed by atoms with van der Waals surface area (Å²) in [4.78, 5) is 3.07. The summed E-state index contributed by atoms with van der Waals surface area (Å²) in [5, 5.41) is 3.51. The molecule has 2 aromatic rings. The maximum Gasteiger partial charge on any atom is 0.124 e. The fourth-order valence-electron chi connectivity index (χ4n) is 2.05. The fourth-order valence-corrected chi connectivity index (χ4v) is 2.05. The van der Waals surface area contributed by atoms with Crippen molar-refractivity contribution in [2.24, 2.45) is 0 Å². The molecular weight excluding hydrogens is 236 g/mol. The first-order valence-corrected chi connectivity index (χ1v) is 6.77. The van der Waals surface area contributed by atoms with Crippen LogP contribution >= 0.6 is 0 Å². The molecule has 0 aliphatic rings. The third-order valence-corrected chi connectivity index (χ3v) is 3.02. The van der Waals surface area contributed by atoms with Gasteiger partial charge in [-0.1, -0.05) is 18.2 Å². The Morgan fingerprint density at radius 1 is 1.16 bits per heavy atom. The molecule has 19 heavy (non-hydrogen) atoms. The number of ether oxygens (including phenoxy) is 1. The molecule has 102 valence electrons. The molecule has 0 spiro atoms. The van der Waals surface area contributed by atoms with Crippen LogP contribution in [0.4, 0.5) is 0 Å². The van der Waals surface area contributed by atoms with Gasteiger partial charge in [0.15, 0.2) is 0 Å². The number of nitrogens with one attached hydrogen (secondary N) is 2.